The molecule has 0 spiro atoms. The molecule has 0 saturated heterocycles. The Morgan fingerprint density at radius 1 is 1.48 bits per heavy atom. The molecule has 2 rings (SSSR count). The number of benzene rings is 1. The molecule has 0 aliphatic heterocycles. The number of amides is 1. The Labute approximate surface area is 126 Å². The molecule has 21 heavy (non-hydrogen) atoms. The van der Waals surface area contributed by atoms with Crippen LogP contribution in [0, 0.1) is 5.82 Å². The Morgan fingerprint density at radius 3 is 3.00 bits per heavy atom. The number of nitrogens with one attached hydrogen (secondary N) is 2. The Balaban J connectivity index is 1.93. The number of rotatable bonds is 6. The van der Waals surface area contributed by atoms with Gasteiger partial charge in [0.1, 0.15) is 12.4 Å². The highest BCUT2D eigenvalue weighted by molar-refractivity contribution is 6.30. The molecule has 0 unspecified atom stereocenters. The molecule has 0 bridgehead atoms. The molecular formula is C13H15ClFN5O. The van der Waals surface area contributed by atoms with E-state index in [4.69, 9.17) is 11.6 Å². The molecule has 2 N–H and O–H groups in total. The van der Waals surface area contributed by atoms with Gasteiger partial charge in [-0.2, -0.15) is 0 Å². The van der Waals surface area contributed by atoms with Crippen LogP contribution in [0.25, 0.3) is 0 Å². The first-order valence-corrected chi connectivity index (χ1v) is 6.81. The predicted octanol–water partition coefficient (Wildman–Crippen LogP) is 1.82. The molecule has 2 aromatic rings. The van der Waals surface area contributed by atoms with Crippen LogP contribution in [0.3, 0.4) is 0 Å². The SMILES string of the molecule is CCNCc1cn(CC(=O)Nc2ccc(Cl)cc2F)nn1. The molecule has 1 aromatic carbocycles. The first-order valence-electron chi connectivity index (χ1n) is 6.43. The largest absolute Gasteiger partial charge is 0.322 e. The molecule has 6 nitrogen and oxygen atoms in total. The van der Waals surface area contributed by atoms with Crippen molar-refractivity contribution in [1.82, 2.24) is 20.3 Å². The summed E-state index contributed by atoms with van der Waals surface area (Å²) in [7, 11) is 0. The van der Waals surface area contributed by atoms with E-state index in [1.165, 1.54) is 16.8 Å². The van der Waals surface area contributed by atoms with E-state index in [0.717, 1.165) is 18.3 Å². The minimum atomic E-state index is -0.581. The van der Waals surface area contributed by atoms with Gasteiger partial charge in [-0.1, -0.05) is 23.7 Å². The topological polar surface area (TPSA) is 71.8 Å². The summed E-state index contributed by atoms with van der Waals surface area (Å²) in [5.41, 5.74) is 0.819. The average molecular weight is 312 g/mol. The van der Waals surface area contributed by atoms with Gasteiger partial charge in [-0.05, 0) is 24.7 Å². The van der Waals surface area contributed by atoms with E-state index >= 15 is 0 Å². The molecule has 1 aromatic heterocycles. The summed E-state index contributed by atoms with van der Waals surface area (Å²) in [5, 5.41) is 13.6. The van der Waals surface area contributed by atoms with Crippen LogP contribution in [0.15, 0.2) is 24.4 Å². The third-order valence-corrected chi connectivity index (χ3v) is 2.89. The molecule has 1 amide bonds. The highest BCUT2D eigenvalue weighted by Crippen LogP contribution is 2.18. The maximum absolute atomic E-state index is 13.6. The molecule has 0 atom stereocenters. The summed E-state index contributed by atoms with van der Waals surface area (Å²) >= 11 is 5.65. The number of hydrogen-bond donors (Lipinski definition) is 2. The summed E-state index contributed by atoms with van der Waals surface area (Å²) in [5.74, 6) is -0.974. The van der Waals surface area contributed by atoms with Gasteiger partial charge in [0, 0.05) is 11.6 Å². The lowest BCUT2D eigenvalue weighted by atomic mass is 10.3. The first-order chi connectivity index (χ1) is 10.1. The van der Waals surface area contributed by atoms with Crippen molar-refractivity contribution in [2.75, 3.05) is 11.9 Å². The Bertz CT molecular complexity index is 631. The second kappa shape index (κ2) is 7.14. The Morgan fingerprint density at radius 2 is 2.29 bits per heavy atom. The van der Waals surface area contributed by atoms with Crippen LogP contribution in [-0.4, -0.2) is 27.4 Å². The van der Waals surface area contributed by atoms with Gasteiger partial charge < -0.3 is 10.6 Å². The van der Waals surface area contributed by atoms with E-state index in [0.29, 0.717) is 6.54 Å². The van der Waals surface area contributed by atoms with E-state index < -0.39 is 11.7 Å². The molecular weight excluding hydrogens is 297 g/mol. The van der Waals surface area contributed by atoms with Crippen molar-refractivity contribution >= 4 is 23.2 Å². The number of halogens is 2. The van der Waals surface area contributed by atoms with E-state index in [1.807, 2.05) is 6.92 Å². The number of carbonyl (C=O) groups is 1. The normalized spacial score (nSPS) is 10.6. The van der Waals surface area contributed by atoms with Crippen LogP contribution in [0.4, 0.5) is 10.1 Å². The van der Waals surface area contributed by atoms with Gasteiger partial charge in [-0.25, -0.2) is 9.07 Å². The smallest absolute Gasteiger partial charge is 0.246 e. The molecule has 1 heterocycles. The average Bonchev–Trinajstić information content (AvgIpc) is 2.87. The van der Waals surface area contributed by atoms with Crippen molar-refractivity contribution in [2.45, 2.75) is 20.0 Å². The van der Waals surface area contributed by atoms with Gasteiger partial charge in [0.05, 0.1) is 17.6 Å². The van der Waals surface area contributed by atoms with Crippen LogP contribution in [0.2, 0.25) is 5.02 Å². The fourth-order valence-electron chi connectivity index (χ4n) is 1.68. The lowest BCUT2D eigenvalue weighted by Gasteiger charge is -2.06. The summed E-state index contributed by atoms with van der Waals surface area (Å²) in [6.45, 7) is 3.35. The van der Waals surface area contributed by atoms with Gasteiger partial charge in [0.25, 0.3) is 0 Å². The molecule has 0 fully saturated rings. The van der Waals surface area contributed by atoms with Crippen molar-refractivity contribution in [2.24, 2.45) is 0 Å². The minimum absolute atomic E-state index is 0.0405. The van der Waals surface area contributed by atoms with Crippen molar-refractivity contribution in [3.8, 4) is 0 Å². The maximum Gasteiger partial charge on any atom is 0.246 e. The van der Waals surface area contributed by atoms with E-state index in [-0.39, 0.29) is 17.3 Å². The number of nitrogens with zero attached hydrogens (tertiary/aromatic N) is 3. The third kappa shape index (κ3) is 4.51. The van der Waals surface area contributed by atoms with Crippen LogP contribution in [-0.2, 0) is 17.9 Å². The van der Waals surface area contributed by atoms with Crippen molar-refractivity contribution < 1.29 is 9.18 Å². The summed E-state index contributed by atoms with van der Waals surface area (Å²) in [6, 6.07) is 4.05. The van der Waals surface area contributed by atoms with Crippen LogP contribution in [0.1, 0.15) is 12.6 Å². The lowest BCUT2D eigenvalue weighted by Crippen LogP contribution is -2.19. The highest BCUT2D eigenvalue weighted by atomic mass is 35.5. The van der Waals surface area contributed by atoms with Gasteiger partial charge in [-0.15, -0.1) is 5.10 Å². The second-order valence-electron chi connectivity index (χ2n) is 4.36. The monoisotopic (exact) mass is 311 g/mol. The zero-order valence-electron chi connectivity index (χ0n) is 11.4. The minimum Gasteiger partial charge on any atom is -0.322 e. The zero-order valence-corrected chi connectivity index (χ0v) is 12.2. The Hall–Kier alpha value is -1.99. The van der Waals surface area contributed by atoms with Crippen LogP contribution >= 0.6 is 11.6 Å². The zero-order chi connectivity index (χ0) is 15.2. The van der Waals surface area contributed by atoms with E-state index in [9.17, 15) is 9.18 Å². The van der Waals surface area contributed by atoms with Gasteiger partial charge >= 0.3 is 0 Å². The molecule has 0 aliphatic carbocycles. The van der Waals surface area contributed by atoms with E-state index in [1.54, 1.807) is 6.20 Å². The molecule has 0 aliphatic rings. The van der Waals surface area contributed by atoms with Crippen molar-refractivity contribution in [3.05, 3.63) is 40.9 Å². The quantitative estimate of drug-likeness (QED) is 0.853. The molecule has 0 saturated carbocycles. The molecule has 0 radical (unpaired) electrons. The molecule has 112 valence electrons. The number of anilines is 1. The summed E-state index contributed by atoms with van der Waals surface area (Å²) in [4.78, 5) is 11.8. The van der Waals surface area contributed by atoms with Crippen molar-refractivity contribution in [3.63, 3.8) is 0 Å². The predicted molar refractivity (Wildman–Crippen MR) is 77.4 cm³/mol. The van der Waals surface area contributed by atoms with Gasteiger partial charge in [0.2, 0.25) is 5.91 Å². The van der Waals surface area contributed by atoms with Crippen molar-refractivity contribution in [1.29, 1.82) is 0 Å². The second-order valence-corrected chi connectivity index (χ2v) is 4.80. The summed E-state index contributed by atoms with van der Waals surface area (Å²) in [6.07, 6.45) is 1.67. The fourth-order valence-corrected chi connectivity index (χ4v) is 1.84. The number of carbonyl (C=O) groups excluding carboxylic acids is 1. The highest BCUT2D eigenvalue weighted by Gasteiger charge is 2.09. The first kappa shape index (κ1) is 15.4. The van der Waals surface area contributed by atoms with Gasteiger partial charge in [0.15, 0.2) is 0 Å². The van der Waals surface area contributed by atoms with Gasteiger partial charge in [-0.3, -0.25) is 4.79 Å². The maximum atomic E-state index is 13.6. The third-order valence-electron chi connectivity index (χ3n) is 2.65. The van der Waals surface area contributed by atoms with Crippen LogP contribution < -0.4 is 10.6 Å². The molecule has 8 heteroatoms. The number of hydrogen-bond acceptors (Lipinski definition) is 4. The van der Waals surface area contributed by atoms with Crippen LogP contribution in [0.5, 0.6) is 0 Å². The number of aromatic nitrogens is 3. The standard InChI is InChI=1S/C13H15ClFN5O/c1-2-16-6-10-7-20(19-18-10)8-13(21)17-12-4-3-9(14)5-11(12)15/h3-5,7,16H,2,6,8H2,1H3,(H,17,21). The Kier molecular flexibility index (Phi) is 5.24. The summed E-state index contributed by atoms with van der Waals surface area (Å²) < 4.78 is 14.9. The fraction of sp³-hybridized carbons (Fsp3) is 0.308. The van der Waals surface area contributed by atoms with E-state index in [2.05, 4.69) is 20.9 Å². The lowest BCUT2D eigenvalue weighted by molar-refractivity contribution is -0.116.